The van der Waals surface area contributed by atoms with Crippen LogP contribution in [0.4, 0.5) is 11.4 Å². The van der Waals surface area contributed by atoms with E-state index in [9.17, 15) is 4.79 Å². The molecule has 0 saturated carbocycles. The van der Waals surface area contributed by atoms with Crippen LogP contribution in [0.5, 0.6) is 0 Å². The fourth-order valence-electron chi connectivity index (χ4n) is 1.99. The van der Waals surface area contributed by atoms with E-state index in [0.29, 0.717) is 0 Å². The van der Waals surface area contributed by atoms with Crippen molar-refractivity contribution >= 4 is 33.2 Å². The summed E-state index contributed by atoms with van der Waals surface area (Å²) in [5, 5.41) is 10.2. The van der Waals surface area contributed by atoms with Gasteiger partial charge in [-0.1, -0.05) is 15.9 Å². The monoisotopic (exact) mass is 306 g/mol. The van der Waals surface area contributed by atoms with Crippen LogP contribution in [-0.2, 0) is 11.8 Å². The Hall–Kier alpha value is -1.82. The minimum Gasteiger partial charge on any atom is -0.368 e. The largest absolute Gasteiger partial charge is 0.368 e. The normalized spacial score (nSPS) is 17.9. The fraction of sp³-hybridized carbons (Fsp3) is 0.167. The molecule has 5 nitrogen and oxygen atoms in total. The zero-order chi connectivity index (χ0) is 12.7. The zero-order valence-electron chi connectivity index (χ0n) is 9.64. The average molecular weight is 307 g/mol. The molecule has 1 aromatic carbocycles. The average Bonchev–Trinajstić information content (AvgIpc) is 2.75. The van der Waals surface area contributed by atoms with Crippen molar-refractivity contribution in [2.45, 2.75) is 6.04 Å². The van der Waals surface area contributed by atoms with Crippen LogP contribution in [0.2, 0.25) is 0 Å². The SMILES string of the molecule is Cn1cc(C2Nc3cc(Br)ccc3NC2=O)cn1. The predicted octanol–water partition coefficient (Wildman–Crippen LogP) is 2.29. The third-order valence-electron chi connectivity index (χ3n) is 2.86. The number of benzene rings is 1. The van der Waals surface area contributed by atoms with E-state index < -0.39 is 6.04 Å². The minimum atomic E-state index is -0.402. The Bertz CT molecular complexity index is 622. The summed E-state index contributed by atoms with van der Waals surface area (Å²) in [5.74, 6) is -0.0715. The lowest BCUT2D eigenvalue weighted by atomic mass is 10.1. The molecular formula is C12H11BrN4O. The van der Waals surface area contributed by atoms with E-state index in [1.165, 1.54) is 0 Å². The van der Waals surface area contributed by atoms with Gasteiger partial charge in [-0.05, 0) is 18.2 Å². The van der Waals surface area contributed by atoms with Gasteiger partial charge in [-0.2, -0.15) is 5.10 Å². The number of nitrogens with one attached hydrogen (secondary N) is 2. The Labute approximate surface area is 112 Å². The highest BCUT2D eigenvalue weighted by Gasteiger charge is 2.27. The van der Waals surface area contributed by atoms with E-state index in [0.717, 1.165) is 21.4 Å². The van der Waals surface area contributed by atoms with Crippen molar-refractivity contribution < 1.29 is 4.79 Å². The second kappa shape index (κ2) is 4.13. The lowest BCUT2D eigenvalue weighted by Crippen LogP contribution is -2.31. The number of fused-ring (bicyclic) bond motifs is 1. The zero-order valence-corrected chi connectivity index (χ0v) is 11.2. The molecule has 2 aromatic rings. The van der Waals surface area contributed by atoms with Crippen LogP contribution in [0.3, 0.4) is 0 Å². The highest BCUT2D eigenvalue weighted by molar-refractivity contribution is 9.10. The number of hydrogen-bond acceptors (Lipinski definition) is 3. The number of anilines is 2. The van der Waals surface area contributed by atoms with Gasteiger partial charge in [-0.3, -0.25) is 9.48 Å². The first-order valence-electron chi connectivity index (χ1n) is 5.49. The summed E-state index contributed by atoms with van der Waals surface area (Å²) in [4.78, 5) is 12.0. The molecule has 1 atom stereocenters. The maximum atomic E-state index is 12.0. The van der Waals surface area contributed by atoms with Crippen LogP contribution in [0.15, 0.2) is 35.1 Å². The van der Waals surface area contributed by atoms with Crippen molar-refractivity contribution in [2.75, 3.05) is 10.6 Å². The van der Waals surface area contributed by atoms with Crippen molar-refractivity contribution in [3.05, 3.63) is 40.6 Å². The minimum absolute atomic E-state index is 0.0715. The van der Waals surface area contributed by atoms with E-state index in [1.807, 2.05) is 31.4 Å². The van der Waals surface area contributed by atoms with Gasteiger partial charge in [0.1, 0.15) is 6.04 Å². The molecule has 1 amide bonds. The van der Waals surface area contributed by atoms with E-state index in [1.54, 1.807) is 10.9 Å². The second-order valence-corrected chi connectivity index (χ2v) is 5.12. The Kier molecular flexibility index (Phi) is 2.59. The molecule has 2 heterocycles. The second-order valence-electron chi connectivity index (χ2n) is 4.20. The number of rotatable bonds is 1. The Balaban J connectivity index is 1.98. The standard InChI is InChI=1S/C12H11BrN4O/c1-17-6-7(5-14-17)11-12(18)16-9-3-2-8(13)4-10(9)15-11/h2-6,11,15H,1H3,(H,16,18). The molecule has 1 aliphatic rings. The molecule has 1 aromatic heterocycles. The van der Waals surface area contributed by atoms with Crippen molar-refractivity contribution in [3.8, 4) is 0 Å². The van der Waals surface area contributed by atoms with Crippen LogP contribution in [0.25, 0.3) is 0 Å². The molecule has 1 aliphatic heterocycles. The van der Waals surface area contributed by atoms with Gasteiger partial charge in [0.25, 0.3) is 5.91 Å². The molecule has 6 heteroatoms. The van der Waals surface area contributed by atoms with Crippen molar-refractivity contribution in [3.63, 3.8) is 0 Å². The predicted molar refractivity (Wildman–Crippen MR) is 72.3 cm³/mol. The molecule has 18 heavy (non-hydrogen) atoms. The topological polar surface area (TPSA) is 59.0 Å². The smallest absolute Gasteiger partial charge is 0.251 e. The van der Waals surface area contributed by atoms with E-state index in [4.69, 9.17) is 0 Å². The van der Waals surface area contributed by atoms with Crippen molar-refractivity contribution in [1.29, 1.82) is 0 Å². The van der Waals surface area contributed by atoms with Gasteiger partial charge < -0.3 is 10.6 Å². The third-order valence-corrected chi connectivity index (χ3v) is 3.35. The molecule has 0 saturated heterocycles. The Morgan fingerprint density at radius 1 is 1.39 bits per heavy atom. The first kappa shape index (κ1) is 11.3. The van der Waals surface area contributed by atoms with E-state index in [-0.39, 0.29) is 5.91 Å². The molecule has 0 bridgehead atoms. The number of carbonyl (C=O) groups is 1. The summed E-state index contributed by atoms with van der Waals surface area (Å²) in [7, 11) is 1.83. The lowest BCUT2D eigenvalue weighted by molar-refractivity contribution is -0.117. The molecule has 0 fully saturated rings. The number of carbonyl (C=O) groups excluding carboxylic acids is 1. The maximum Gasteiger partial charge on any atom is 0.251 e. The highest BCUT2D eigenvalue weighted by atomic mass is 79.9. The fourth-order valence-corrected chi connectivity index (χ4v) is 2.36. The van der Waals surface area contributed by atoms with E-state index in [2.05, 4.69) is 31.7 Å². The summed E-state index contributed by atoms with van der Waals surface area (Å²) in [6.07, 6.45) is 3.53. The quantitative estimate of drug-likeness (QED) is 0.850. The van der Waals surface area contributed by atoms with Gasteiger partial charge in [0.05, 0.1) is 17.6 Å². The van der Waals surface area contributed by atoms with Crippen LogP contribution in [0.1, 0.15) is 11.6 Å². The number of nitrogens with zero attached hydrogens (tertiary/aromatic N) is 2. The number of amides is 1. The van der Waals surface area contributed by atoms with Crippen LogP contribution < -0.4 is 10.6 Å². The summed E-state index contributed by atoms with van der Waals surface area (Å²) in [5.41, 5.74) is 2.54. The molecule has 1 unspecified atom stereocenters. The third kappa shape index (κ3) is 1.88. The Morgan fingerprint density at radius 3 is 2.94 bits per heavy atom. The summed E-state index contributed by atoms with van der Waals surface area (Å²) in [6, 6.07) is 5.30. The van der Waals surface area contributed by atoms with Gasteiger partial charge in [0.2, 0.25) is 0 Å². The van der Waals surface area contributed by atoms with Crippen molar-refractivity contribution in [1.82, 2.24) is 9.78 Å². The molecule has 0 spiro atoms. The summed E-state index contributed by atoms with van der Waals surface area (Å²) < 4.78 is 2.65. The van der Waals surface area contributed by atoms with Crippen LogP contribution >= 0.6 is 15.9 Å². The van der Waals surface area contributed by atoms with Crippen molar-refractivity contribution in [2.24, 2.45) is 7.05 Å². The molecular weight excluding hydrogens is 296 g/mol. The maximum absolute atomic E-state index is 12.0. The van der Waals surface area contributed by atoms with Gasteiger partial charge >= 0.3 is 0 Å². The summed E-state index contributed by atoms with van der Waals surface area (Å²) in [6.45, 7) is 0. The van der Waals surface area contributed by atoms with E-state index >= 15 is 0 Å². The van der Waals surface area contributed by atoms with Gasteiger partial charge in [-0.25, -0.2) is 0 Å². The molecule has 92 valence electrons. The molecule has 2 N–H and O–H groups in total. The van der Waals surface area contributed by atoms with Gasteiger partial charge in [-0.15, -0.1) is 0 Å². The highest BCUT2D eigenvalue weighted by Crippen LogP contribution is 2.34. The number of aromatic nitrogens is 2. The van der Waals surface area contributed by atoms with Gasteiger partial charge in [0.15, 0.2) is 0 Å². The lowest BCUT2D eigenvalue weighted by Gasteiger charge is -2.26. The molecule has 0 radical (unpaired) electrons. The first-order chi connectivity index (χ1) is 8.63. The number of aryl methyl sites for hydroxylation is 1. The first-order valence-corrected chi connectivity index (χ1v) is 6.28. The summed E-state index contributed by atoms with van der Waals surface area (Å²) >= 11 is 3.42. The molecule has 3 rings (SSSR count). The number of hydrogen-bond donors (Lipinski definition) is 2. The van der Waals surface area contributed by atoms with Crippen LogP contribution in [-0.4, -0.2) is 15.7 Å². The Morgan fingerprint density at radius 2 is 2.22 bits per heavy atom. The van der Waals surface area contributed by atoms with Crippen LogP contribution in [0, 0.1) is 0 Å². The number of halogens is 1. The molecule has 0 aliphatic carbocycles. The van der Waals surface area contributed by atoms with Gasteiger partial charge in [0, 0.05) is 23.3 Å².